The van der Waals surface area contributed by atoms with Gasteiger partial charge < -0.3 is 59.5 Å². The molecule has 4 aromatic carbocycles. The third kappa shape index (κ3) is 10.7. The van der Waals surface area contributed by atoms with Crippen molar-refractivity contribution in [1.82, 2.24) is 40.4 Å². The van der Waals surface area contributed by atoms with Gasteiger partial charge in [0.2, 0.25) is 11.8 Å². The summed E-state index contributed by atoms with van der Waals surface area (Å²) >= 11 is 0. The topological polar surface area (TPSA) is 211 Å². The number of nitrogens with one attached hydrogen (secondary N) is 4. The molecule has 18 nitrogen and oxygen atoms in total. The zero-order valence-electron chi connectivity index (χ0n) is 44.3. The molecule has 6 aromatic rings. The van der Waals surface area contributed by atoms with Crippen LogP contribution in [0.2, 0.25) is 0 Å². The molecule has 0 spiro atoms. The number of ether oxygens (including phenoxy) is 3. The molecule has 0 bridgehead atoms. The van der Waals surface area contributed by atoms with Crippen molar-refractivity contribution in [2.24, 2.45) is 0 Å². The maximum atomic E-state index is 17.0. The fourth-order valence-electron chi connectivity index (χ4n) is 12.3. The van der Waals surface area contributed by atoms with Gasteiger partial charge in [-0.15, -0.1) is 0 Å². The van der Waals surface area contributed by atoms with Crippen LogP contribution in [-0.2, 0) is 23.8 Å². The Hall–Kier alpha value is -7.53. The van der Waals surface area contributed by atoms with Gasteiger partial charge in [0.1, 0.15) is 46.9 Å². The van der Waals surface area contributed by atoms with Gasteiger partial charge in [-0.1, -0.05) is 12.1 Å². The van der Waals surface area contributed by atoms with Crippen LogP contribution in [0, 0.1) is 29.1 Å². The summed E-state index contributed by atoms with van der Waals surface area (Å²) in [5.41, 5.74) is 2.34. The Balaban J connectivity index is 0.995. The normalized spacial score (nSPS) is 21.4. The Morgan fingerprint density at radius 1 is 0.620 bits per heavy atom. The second kappa shape index (κ2) is 22.7. The number of benzene rings is 4. The molecule has 79 heavy (non-hydrogen) atoms. The highest BCUT2D eigenvalue weighted by molar-refractivity contribution is 5.88. The average Bonchev–Trinajstić information content (AvgIpc) is 4.34. The summed E-state index contributed by atoms with van der Waals surface area (Å²) in [5.74, 6) is -3.59. The van der Waals surface area contributed by atoms with E-state index in [1.54, 1.807) is 52.8 Å². The Bertz CT molecular complexity index is 3240. The van der Waals surface area contributed by atoms with E-state index in [1.807, 2.05) is 0 Å². The van der Waals surface area contributed by atoms with Crippen LogP contribution in [0.5, 0.6) is 0 Å². The van der Waals surface area contributed by atoms with Crippen LogP contribution >= 0.6 is 0 Å². The Labute approximate surface area is 451 Å². The number of hydrogen-bond acceptors (Lipinski definition) is 11. The molecule has 6 heterocycles. The highest BCUT2D eigenvalue weighted by Gasteiger charge is 2.43. The molecular weight excluding hydrogens is 1040 g/mol. The first-order valence-electron chi connectivity index (χ1n) is 26.6. The smallest absolute Gasteiger partial charge is 0.407 e. The Kier molecular flexibility index (Phi) is 15.7. The maximum Gasteiger partial charge on any atom is 0.407 e. The monoisotopic (exact) mass is 1100 g/mol. The number of piperidine rings is 1. The van der Waals surface area contributed by atoms with Crippen LogP contribution in [-0.4, -0.2) is 131 Å². The van der Waals surface area contributed by atoms with Crippen LogP contribution in [0.15, 0.2) is 60.7 Å². The predicted octanol–water partition coefficient (Wildman–Crippen LogP) is 9.36. The van der Waals surface area contributed by atoms with E-state index in [-0.39, 0.29) is 58.1 Å². The number of likely N-dealkylation sites (tertiary alicyclic amines) is 2. The van der Waals surface area contributed by atoms with Crippen LogP contribution in [0.4, 0.5) is 42.9 Å². The Morgan fingerprint density at radius 3 is 1.56 bits per heavy atom. The molecule has 0 saturated carbocycles. The fourth-order valence-corrected chi connectivity index (χ4v) is 12.3. The lowest BCUT2D eigenvalue weighted by molar-refractivity contribution is -0.138. The van der Waals surface area contributed by atoms with Crippen LogP contribution < -0.4 is 20.4 Å². The molecule has 4 saturated heterocycles. The fraction of sp³-hybridized carbons (Fsp3) is 0.464. The van der Waals surface area contributed by atoms with Crippen LogP contribution in [0.25, 0.3) is 22.1 Å². The van der Waals surface area contributed by atoms with Crippen LogP contribution in [0.1, 0.15) is 124 Å². The molecule has 420 valence electrons. The minimum absolute atomic E-state index is 0.0393. The number of imidazole rings is 2. The first-order chi connectivity index (χ1) is 38.0. The van der Waals surface area contributed by atoms with Gasteiger partial charge in [-0.3, -0.25) is 9.59 Å². The number of H-pyrrole nitrogens is 2. The van der Waals surface area contributed by atoms with Crippen molar-refractivity contribution in [3.05, 3.63) is 118 Å². The predicted molar refractivity (Wildman–Crippen MR) is 281 cm³/mol. The number of carbonyl (C=O) groups is 4. The van der Waals surface area contributed by atoms with E-state index in [9.17, 15) is 28.7 Å². The third-order valence-electron chi connectivity index (χ3n) is 16.4. The average molecular weight is 1100 g/mol. The number of carbonyl (C=O) groups excluding carboxylic acids is 3. The first kappa shape index (κ1) is 54.8. The maximum absolute atomic E-state index is 17.0. The van der Waals surface area contributed by atoms with Gasteiger partial charge in [0.25, 0.3) is 0 Å². The third-order valence-corrected chi connectivity index (χ3v) is 16.4. The number of nitrogens with zero attached hydrogens (tertiary/aromatic N) is 6. The van der Waals surface area contributed by atoms with E-state index < -0.39 is 95.7 Å². The molecule has 23 heteroatoms. The highest BCUT2D eigenvalue weighted by atomic mass is 19.1. The van der Waals surface area contributed by atoms with Gasteiger partial charge in [0.15, 0.2) is 11.6 Å². The number of halogens is 5. The molecule has 2 aromatic heterocycles. The summed E-state index contributed by atoms with van der Waals surface area (Å²) in [6, 6.07) is 9.00. The zero-order valence-corrected chi connectivity index (χ0v) is 44.3. The summed E-state index contributed by atoms with van der Waals surface area (Å²) in [5, 5.41) is 14.4. The number of fused-ring (bicyclic) bond motifs is 2. The summed E-state index contributed by atoms with van der Waals surface area (Å²) in [6.45, 7) is 4.51. The molecule has 0 unspecified atom stereocenters. The lowest BCUT2D eigenvalue weighted by Gasteiger charge is -2.36. The minimum atomic E-state index is -1.39. The van der Waals surface area contributed by atoms with E-state index in [2.05, 4.69) is 20.6 Å². The number of alkyl carbamates (subject to hydrolysis) is 1. The van der Waals surface area contributed by atoms with Crippen molar-refractivity contribution in [2.45, 2.75) is 120 Å². The van der Waals surface area contributed by atoms with Gasteiger partial charge in [-0.2, -0.15) is 0 Å². The molecular formula is C56H63F5N10O8. The van der Waals surface area contributed by atoms with Crippen molar-refractivity contribution in [3.8, 4) is 0 Å². The quantitative estimate of drug-likeness (QED) is 0.0609. The van der Waals surface area contributed by atoms with Crippen LogP contribution in [0.3, 0.4) is 0 Å². The number of aromatic amines is 2. The molecule has 8 atom stereocenters. The number of amides is 4. The standard InChI is InChI=1S/C56H63F5N10O8/c1-28(77-3)48(66-55(74)75)53(72)69-18-6-8-46(69)51-62-40-24-34(36(58)26-42(40)64-51)44-14-15-45(71(44)33-22-38(60)50(39(61)23-33)68-20-16-31(17-21-68)30-10-12-32(57)13-11-30)35-25-41-43(27-37(35)59)65-52(63-41)47-9-7-19-70(47)54(73)49(29(2)78-4)67-56(76)79-5/h10-13,22-29,31,44-49,66H,6-9,14-21H2,1-5H3,(H,62,64)(H,63,65)(H,67,76)(H,74,75)/t28-,29-,44-,45-,46+,47+,48+,49+/m1/s1. The number of aromatic nitrogens is 4. The second-order valence-electron chi connectivity index (χ2n) is 20.9. The van der Waals surface area contributed by atoms with E-state index in [1.165, 1.54) is 62.6 Å². The van der Waals surface area contributed by atoms with E-state index >= 15 is 17.6 Å². The molecule has 4 aliphatic rings. The molecule has 0 aliphatic carbocycles. The van der Waals surface area contributed by atoms with E-state index in [0.717, 1.165) is 5.56 Å². The first-order valence-corrected chi connectivity index (χ1v) is 26.6. The molecule has 4 fully saturated rings. The molecule has 0 radical (unpaired) electrons. The molecule has 4 amide bonds. The molecule has 5 N–H and O–H groups in total. The van der Waals surface area contributed by atoms with Crippen molar-refractivity contribution in [1.29, 1.82) is 0 Å². The highest BCUT2D eigenvalue weighted by Crippen LogP contribution is 2.50. The number of carboxylic acid groups (broad SMARTS) is 1. The van der Waals surface area contributed by atoms with Gasteiger partial charge in [0, 0.05) is 69.3 Å². The largest absolute Gasteiger partial charge is 0.465 e. The lowest BCUT2D eigenvalue weighted by atomic mass is 9.89. The summed E-state index contributed by atoms with van der Waals surface area (Å²) in [7, 11) is 3.98. The number of methoxy groups -OCH3 is 3. The summed E-state index contributed by atoms with van der Waals surface area (Å²) < 4.78 is 96.9. The van der Waals surface area contributed by atoms with Crippen molar-refractivity contribution in [3.63, 3.8) is 0 Å². The Morgan fingerprint density at radius 2 is 1.10 bits per heavy atom. The SMILES string of the molecule is COC(=O)N[C@H](C(=O)N1CCC[C@H]1c1nc2cc(F)c([C@H]3CC[C@H](c4cc5[nH]c([C@@H]6CCCN6C(=O)[C@@H](NC(=O)O)[C@@H](C)OC)nc5cc4F)N3c3cc(F)c(N4CCC(c5ccc(F)cc5)CC4)c(F)c3)cc2[nH]1)[C@@H](C)OC. The van der Waals surface area contributed by atoms with Gasteiger partial charge in [-0.05, 0) is 113 Å². The second-order valence-corrected chi connectivity index (χ2v) is 20.9. The number of rotatable bonds is 15. The lowest BCUT2D eigenvalue weighted by Crippen LogP contribution is -2.54. The van der Waals surface area contributed by atoms with Gasteiger partial charge in [0.05, 0.1) is 65.6 Å². The molecule has 10 rings (SSSR count). The van der Waals surface area contributed by atoms with Crippen molar-refractivity contribution in [2.75, 3.05) is 57.3 Å². The number of anilines is 2. The molecule has 4 aliphatic heterocycles. The van der Waals surface area contributed by atoms with Gasteiger partial charge >= 0.3 is 12.2 Å². The minimum Gasteiger partial charge on any atom is -0.465 e. The van der Waals surface area contributed by atoms with Crippen molar-refractivity contribution >= 4 is 57.4 Å². The zero-order chi connectivity index (χ0) is 56.0. The number of hydrogen-bond donors (Lipinski definition) is 5. The summed E-state index contributed by atoms with van der Waals surface area (Å²) in [6.07, 6.45) is 0.0154. The van der Waals surface area contributed by atoms with Gasteiger partial charge in [-0.25, -0.2) is 41.5 Å². The van der Waals surface area contributed by atoms with E-state index in [0.29, 0.717) is 87.4 Å². The van der Waals surface area contributed by atoms with Crippen molar-refractivity contribution < 1.29 is 60.4 Å². The summed E-state index contributed by atoms with van der Waals surface area (Å²) in [4.78, 5) is 74.3. The van der Waals surface area contributed by atoms with E-state index in [4.69, 9.17) is 24.2 Å².